The molecule has 0 aliphatic heterocycles. The molecule has 0 heterocycles. The van der Waals surface area contributed by atoms with Crippen molar-refractivity contribution in [2.45, 2.75) is 66.2 Å². The first-order valence-corrected chi connectivity index (χ1v) is 13.2. The molecule has 0 aliphatic carbocycles. The molecule has 0 unspecified atom stereocenters. The Morgan fingerprint density at radius 3 is 0.909 bits per heavy atom. The summed E-state index contributed by atoms with van der Waals surface area (Å²) in [5, 5.41) is 0. The molecule has 0 rings (SSSR count). The van der Waals surface area contributed by atoms with Crippen molar-refractivity contribution >= 4 is 0 Å². The maximum atomic E-state index is 5.57. The van der Waals surface area contributed by atoms with Crippen LogP contribution in [0.5, 0.6) is 0 Å². The first kappa shape index (κ1) is 32.7. The molecule has 7 heteroatoms. The zero-order valence-electron chi connectivity index (χ0n) is 22.2. The molecule has 200 valence electrons. The SMILES string of the molecule is CC(C)CCCCCOCCOCCOCCOCCOCCOCCOCCCC(C)C. The second-order valence-electron chi connectivity index (χ2n) is 9.07. The lowest BCUT2D eigenvalue weighted by molar-refractivity contribution is -0.0207. The van der Waals surface area contributed by atoms with Gasteiger partial charge in [-0.3, -0.25) is 0 Å². The van der Waals surface area contributed by atoms with Gasteiger partial charge in [-0.2, -0.15) is 0 Å². The van der Waals surface area contributed by atoms with Crippen LogP contribution in [-0.4, -0.2) is 92.5 Å². The molecule has 0 saturated heterocycles. The molecular weight excluding hydrogens is 424 g/mol. The van der Waals surface area contributed by atoms with Crippen molar-refractivity contribution in [3.8, 4) is 0 Å². The minimum atomic E-state index is 0.563. The van der Waals surface area contributed by atoms with Crippen LogP contribution < -0.4 is 0 Å². The van der Waals surface area contributed by atoms with Crippen LogP contribution in [0.25, 0.3) is 0 Å². The Kier molecular flexibility index (Phi) is 27.7. The molecule has 0 radical (unpaired) electrons. The Balaban J connectivity index is 3.01. The molecule has 0 amide bonds. The van der Waals surface area contributed by atoms with E-state index in [9.17, 15) is 0 Å². The van der Waals surface area contributed by atoms with Gasteiger partial charge in [-0.15, -0.1) is 0 Å². The first-order valence-electron chi connectivity index (χ1n) is 13.2. The predicted molar refractivity (Wildman–Crippen MR) is 133 cm³/mol. The number of hydrogen-bond donors (Lipinski definition) is 0. The van der Waals surface area contributed by atoms with E-state index in [0.29, 0.717) is 79.3 Å². The summed E-state index contributed by atoms with van der Waals surface area (Å²) < 4.78 is 38.5. The Morgan fingerprint density at radius 2 is 0.576 bits per heavy atom. The highest BCUT2D eigenvalue weighted by atomic mass is 16.6. The Labute approximate surface area is 204 Å². The van der Waals surface area contributed by atoms with Crippen LogP contribution in [0.15, 0.2) is 0 Å². The van der Waals surface area contributed by atoms with Gasteiger partial charge in [0.25, 0.3) is 0 Å². The maximum Gasteiger partial charge on any atom is 0.0701 e. The molecule has 7 nitrogen and oxygen atoms in total. The monoisotopic (exact) mass is 478 g/mol. The van der Waals surface area contributed by atoms with Gasteiger partial charge in [-0.1, -0.05) is 47.0 Å². The fourth-order valence-corrected chi connectivity index (χ4v) is 2.95. The second-order valence-corrected chi connectivity index (χ2v) is 9.07. The van der Waals surface area contributed by atoms with E-state index in [1.165, 1.54) is 25.7 Å². The van der Waals surface area contributed by atoms with Gasteiger partial charge in [0, 0.05) is 13.2 Å². The fraction of sp³-hybridized carbons (Fsp3) is 1.00. The topological polar surface area (TPSA) is 64.6 Å². The minimum Gasteiger partial charge on any atom is -0.379 e. The summed E-state index contributed by atoms with van der Waals surface area (Å²) in [5.74, 6) is 1.55. The largest absolute Gasteiger partial charge is 0.379 e. The van der Waals surface area contributed by atoms with Gasteiger partial charge in [-0.25, -0.2) is 0 Å². The van der Waals surface area contributed by atoms with Crippen LogP contribution in [0.4, 0.5) is 0 Å². The smallest absolute Gasteiger partial charge is 0.0701 e. The standard InChI is InChI=1S/C26H54O7/c1-25(2)9-6-5-7-11-27-13-15-29-17-19-31-21-23-33-24-22-32-20-18-30-16-14-28-12-8-10-26(3)4/h25-26H,5-24H2,1-4H3. The number of hydrogen-bond acceptors (Lipinski definition) is 7. The first-order chi connectivity index (χ1) is 16.1. The predicted octanol–water partition coefficient (Wildman–Crippen LogP) is 4.76. The van der Waals surface area contributed by atoms with Crippen molar-refractivity contribution in [2.24, 2.45) is 11.8 Å². The number of rotatable bonds is 28. The number of unbranched alkanes of at least 4 members (excludes halogenated alkanes) is 2. The van der Waals surface area contributed by atoms with Crippen LogP contribution >= 0.6 is 0 Å². The summed E-state index contributed by atoms with van der Waals surface area (Å²) in [5.41, 5.74) is 0. The van der Waals surface area contributed by atoms with Gasteiger partial charge in [0.05, 0.1) is 79.3 Å². The summed E-state index contributed by atoms with van der Waals surface area (Å²) in [6.45, 7) is 17.8. The third kappa shape index (κ3) is 31.7. The zero-order valence-corrected chi connectivity index (χ0v) is 22.2. The highest BCUT2D eigenvalue weighted by Crippen LogP contribution is 2.07. The van der Waals surface area contributed by atoms with Gasteiger partial charge in [-0.05, 0) is 31.1 Å². The van der Waals surface area contributed by atoms with Crippen molar-refractivity contribution in [2.75, 3.05) is 92.5 Å². The second kappa shape index (κ2) is 28.0. The van der Waals surface area contributed by atoms with Crippen LogP contribution in [0.3, 0.4) is 0 Å². The van der Waals surface area contributed by atoms with Gasteiger partial charge in [0.15, 0.2) is 0 Å². The minimum absolute atomic E-state index is 0.563. The highest BCUT2D eigenvalue weighted by molar-refractivity contribution is 4.47. The van der Waals surface area contributed by atoms with Crippen LogP contribution in [-0.2, 0) is 33.2 Å². The van der Waals surface area contributed by atoms with E-state index in [2.05, 4.69) is 27.7 Å². The molecule has 0 aliphatic rings. The Morgan fingerprint density at radius 1 is 0.303 bits per heavy atom. The summed E-state index contributed by atoms with van der Waals surface area (Å²) in [6, 6.07) is 0. The van der Waals surface area contributed by atoms with E-state index < -0.39 is 0 Å². The Bertz CT molecular complexity index is 322. The lowest BCUT2D eigenvalue weighted by Crippen LogP contribution is -2.14. The molecule has 0 saturated carbocycles. The van der Waals surface area contributed by atoms with E-state index in [1.807, 2.05) is 0 Å². The normalized spacial score (nSPS) is 11.8. The van der Waals surface area contributed by atoms with Crippen LogP contribution in [0.1, 0.15) is 66.2 Å². The molecule has 0 fully saturated rings. The molecule has 0 bridgehead atoms. The van der Waals surface area contributed by atoms with Gasteiger partial charge in [0.1, 0.15) is 0 Å². The van der Waals surface area contributed by atoms with E-state index in [4.69, 9.17) is 33.2 Å². The fourth-order valence-electron chi connectivity index (χ4n) is 2.95. The van der Waals surface area contributed by atoms with Crippen molar-refractivity contribution in [3.63, 3.8) is 0 Å². The Hall–Kier alpha value is -0.280. The number of ether oxygens (including phenoxy) is 7. The van der Waals surface area contributed by atoms with Crippen molar-refractivity contribution < 1.29 is 33.2 Å². The molecule has 0 aromatic heterocycles. The maximum absolute atomic E-state index is 5.57. The van der Waals surface area contributed by atoms with E-state index in [1.54, 1.807) is 0 Å². The van der Waals surface area contributed by atoms with E-state index in [0.717, 1.165) is 37.9 Å². The molecule has 0 atom stereocenters. The molecule has 0 N–H and O–H groups in total. The summed E-state index contributed by atoms with van der Waals surface area (Å²) in [7, 11) is 0. The lowest BCUT2D eigenvalue weighted by atomic mass is 10.1. The van der Waals surface area contributed by atoms with E-state index >= 15 is 0 Å². The summed E-state index contributed by atoms with van der Waals surface area (Å²) >= 11 is 0. The van der Waals surface area contributed by atoms with Crippen molar-refractivity contribution in [1.82, 2.24) is 0 Å². The van der Waals surface area contributed by atoms with Crippen molar-refractivity contribution in [1.29, 1.82) is 0 Å². The third-order valence-corrected chi connectivity index (χ3v) is 4.87. The van der Waals surface area contributed by atoms with Gasteiger partial charge >= 0.3 is 0 Å². The summed E-state index contributed by atoms with van der Waals surface area (Å²) in [6.07, 6.45) is 7.34. The van der Waals surface area contributed by atoms with Crippen molar-refractivity contribution in [3.05, 3.63) is 0 Å². The third-order valence-electron chi connectivity index (χ3n) is 4.87. The molecular formula is C26H54O7. The zero-order chi connectivity index (χ0) is 24.2. The molecule has 33 heavy (non-hydrogen) atoms. The van der Waals surface area contributed by atoms with Crippen LogP contribution in [0.2, 0.25) is 0 Å². The molecule has 0 aromatic rings. The quantitative estimate of drug-likeness (QED) is 0.150. The average molecular weight is 479 g/mol. The summed E-state index contributed by atoms with van der Waals surface area (Å²) in [4.78, 5) is 0. The van der Waals surface area contributed by atoms with Gasteiger partial charge in [0.2, 0.25) is 0 Å². The highest BCUT2D eigenvalue weighted by Gasteiger charge is 1.97. The molecule has 0 aromatic carbocycles. The lowest BCUT2D eigenvalue weighted by Gasteiger charge is -2.09. The van der Waals surface area contributed by atoms with Gasteiger partial charge < -0.3 is 33.2 Å². The molecule has 0 spiro atoms. The van der Waals surface area contributed by atoms with Crippen LogP contribution in [0, 0.1) is 11.8 Å². The average Bonchev–Trinajstić information content (AvgIpc) is 2.78. The van der Waals surface area contributed by atoms with E-state index in [-0.39, 0.29) is 0 Å².